The Morgan fingerprint density at radius 3 is 2.07 bits per heavy atom. The summed E-state index contributed by atoms with van der Waals surface area (Å²) in [6, 6.07) is 0. The molecule has 0 saturated heterocycles. The van der Waals surface area contributed by atoms with Gasteiger partial charge in [-0.05, 0) is 36.3 Å². The minimum atomic E-state index is 0.262. The summed E-state index contributed by atoms with van der Waals surface area (Å²) in [5, 5.41) is 3.55. The van der Waals surface area contributed by atoms with E-state index in [1.165, 1.54) is 0 Å². The average Bonchev–Trinajstić information content (AvgIpc) is 2.16. The van der Waals surface area contributed by atoms with Crippen LogP contribution in [0.5, 0.6) is 0 Å². The minimum Gasteiger partial charge on any atom is -0.330 e. The lowest BCUT2D eigenvalue weighted by Gasteiger charge is -2.31. The van der Waals surface area contributed by atoms with Gasteiger partial charge in [0.15, 0.2) is 0 Å². The Labute approximate surface area is 96.0 Å². The van der Waals surface area contributed by atoms with E-state index in [0.29, 0.717) is 11.3 Å². The molecule has 2 heteroatoms. The Balaban J connectivity index is 3.89. The van der Waals surface area contributed by atoms with Crippen molar-refractivity contribution in [3.8, 4) is 0 Å². The highest BCUT2D eigenvalue weighted by molar-refractivity contribution is 4.78. The molecule has 0 aliphatic heterocycles. The highest BCUT2D eigenvalue weighted by Crippen LogP contribution is 2.25. The largest absolute Gasteiger partial charge is 0.330 e. The summed E-state index contributed by atoms with van der Waals surface area (Å²) < 4.78 is 0. The van der Waals surface area contributed by atoms with Gasteiger partial charge in [-0.1, -0.05) is 41.5 Å². The molecule has 92 valence electrons. The van der Waals surface area contributed by atoms with Crippen molar-refractivity contribution in [2.24, 2.45) is 22.5 Å². The molecule has 0 heterocycles. The molecule has 0 aromatic heterocycles. The van der Waals surface area contributed by atoms with Gasteiger partial charge in [-0.15, -0.1) is 0 Å². The van der Waals surface area contributed by atoms with E-state index in [4.69, 9.17) is 5.73 Å². The lowest BCUT2D eigenvalue weighted by Crippen LogP contribution is -2.40. The van der Waals surface area contributed by atoms with Crippen LogP contribution in [-0.2, 0) is 0 Å². The van der Waals surface area contributed by atoms with Crippen LogP contribution >= 0.6 is 0 Å². The third-order valence-corrected chi connectivity index (χ3v) is 3.83. The minimum absolute atomic E-state index is 0.262. The molecule has 0 aromatic carbocycles. The molecule has 0 saturated carbocycles. The second kappa shape index (κ2) is 5.86. The molecule has 2 unspecified atom stereocenters. The molecule has 0 radical (unpaired) electrons. The summed E-state index contributed by atoms with van der Waals surface area (Å²) in [5.74, 6) is 0.691. The Morgan fingerprint density at radius 1 is 1.20 bits per heavy atom. The summed E-state index contributed by atoms with van der Waals surface area (Å²) in [5.41, 5.74) is 6.43. The van der Waals surface area contributed by atoms with E-state index in [-0.39, 0.29) is 5.41 Å². The van der Waals surface area contributed by atoms with Crippen molar-refractivity contribution in [1.82, 2.24) is 5.32 Å². The normalized spacial score (nSPS) is 18.6. The predicted molar refractivity (Wildman–Crippen MR) is 68.9 cm³/mol. The zero-order chi connectivity index (χ0) is 12.1. The van der Waals surface area contributed by atoms with Gasteiger partial charge >= 0.3 is 0 Å². The number of hydrogen-bond acceptors (Lipinski definition) is 2. The fourth-order valence-electron chi connectivity index (χ4n) is 1.24. The van der Waals surface area contributed by atoms with E-state index in [1.54, 1.807) is 0 Å². The van der Waals surface area contributed by atoms with Crippen LogP contribution in [0.4, 0.5) is 0 Å². The van der Waals surface area contributed by atoms with E-state index in [1.807, 2.05) is 0 Å². The lowest BCUT2D eigenvalue weighted by molar-refractivity contribution is 0.231. The monoisotopic (exact) mass is 214 g/mol. The maximum absolute atomic E-state index is 5.78. The van der Waals surface area contributed by atoms with E-state index >= 15 is 0 Å². The average molecular weight is 214 g/mol. The van der Waals surface area contributed by atoms with Crippen molar-refractivity contribution in [2.75, 3.05) is 19.6 Å². The maximum Gasteiger partial charge on any atom is 0.00173 e. The van der Waals surface area contributed by atoms with Crippen molar-refractivity contribution >= 4 is 0 Å². The first-order chi connectivity index (χ1) is 6.75. The Hall–Kier alpha value is -0.0800. The molecule has 0 aliphatic rings. The molecule has 0 rings (SSSR count). The van der Waals surface area contributed by atoms with E-state index < -0.39 is 0 Å². The summed E-state index contributed by atoms with van der Waals surface area (Å²) in [6.07, 6.45) is 1.14. The van der Waals surface area contributed by atoms with Gasteiger partial charge in [0, 0.05) is 6.54 Å². The van der Waals surface area contributed by atoms with Crippen molar-refractivity contribution in [3.05, 3.63) is 0 Å². The molecule has 0 aliphatic carbocycles. The zero-order valence-corrected chi connectivity index (χ0v) is 11.5. The van der Waals surface area contributed by atoms with E-state index in [9.17, 15) is 0 Å². The highest BCUT2D eigenvalue weighted by atomic mass is 14.9. The van der Waals surface area contributed by atoms with Crippen molar-refractivity contribution in [1.29, 1.82) is 0 Å². The van der Waals surface area contributed by atoms with Gasteiger partial charge < -0.3 is 11.1 Å². The Kier molecular flexibility index (Phi) is 5.82. The van der Waals surface area contributed by atoms with Crippen molar-refractivity contribution in [3.63, 3.8) is 0 Å². The van der Waals surface area contributed by atoms with Crippen LogP contribution in [-0.4, -0.2) is 19.6 Å². The predicted octanol–water partition coefficient (Wildman–Crippen LogP) is 2.63. The summed E-state index contributed by atoms with van der Waals surface area (Å²) in [7, 11) is 0. The lowest BCUT2D eigenvalue weighted by atomic mass is 9.81. The van der Waals surface area contributed by atoms with Crippen LogP contribution in [0.15, 0.2) is 0 Å². The molecule has 0 aromatic rings. The van der Waals surface area contributed by atoms with Crippen molar-refractivity contribution < 1.29 is 0 Å². The highest BCUT2D eigenvalue weighted by Gasteiger charge is 2.22. The van der Waals surface area contributed by atoms with Gasteiger partial charge in [-0.2, -0.15) is 0 Å². The first kappa shape index (κ1) is 14.9. The fourth-order valence-corrected chi connectivity index (χ4v) is 1.24. The SMILES string of the molecule is CCC(C)(CN)CNCC(C)C(C)(C)C. The topological polar surface area (TPSA) is 38.0 Å². The Bertz CT molecular complexity index is 166. The molecular weight excluding hydrogens is 184 g/mol. The van der Waals surface area contributed by atoms with Crippen LogP contribution in [0.1, 0.15) is 48.0 Å². The Morgan fingerprint density at radius 2 is 1.73 bits per heavy atom. The van der Waals surface area contributed by atoms with Gasteiger partial charge in [0.25, 0.3) is 0 Å². The van der Waals surface area contributed by atoms with Crippen LogP contribution in [0.3, 0.4) is 0 Å². The third kappa shape index (κ3) is 5.53. The molecule has 0 spiro atoms. The molecule has 0 bridgehead atoms. The second-order valence-electron chi connectivity index (χ2n) is 6.27. The maximum atomic E-state index is 5.78. The van der Waals surface area contributed by atoms with Gasteiger partial charge in [-0.3, -0.25) is 0 Å². The smallest absolute Gasteiger partial charge is 0.00173 e. The van der Waals surface area contributed by atoms with Crippen LogP contribution < -0.4 is 11.1 Å². The first-order valence-corrected chi connectivity index (χ1v) is 6.16. The summed E-state index contributed by atoms with van der Waals surface area (Å²) in [4.78, 5) is 0. The van der Waals surface area contributed by atoms with Crippen LogP contribution in [0.2, 0.25) is 0 Å². The van der Waals surface area contributed by atoms with E-state index in [0.717, 1.165) is 26.1 Å². The van der Waals surface area contributed by atoms with Gasteiger partial charge in [-0.25, -0.2) is 0 Å². The molecule has 15 heavy (non-hydrogen) atoms. The number of nitrogens with one attached hydrogen (secondary N) is 1. The second-order valence-corrected chi connectivity index (χ2v) is 6.27. The zero-order valence-electron chi connectivity index (χ0n) is 11.5. The molecule has 2 atom stereocenters. The van der Waals surface area contributed by atoms with Crippen LogP contribution in [0.25, 0.3) is 0 Å². The third-order valence-electron chi connectivity index (χ3n) is 3.83. The molecule has 2 nitrogen and oxygen atoms in total. The molecular formula is C13H30N2. The van der Waals surface area contributed by atoms with Gasteiger partial charge in [0.2, 0.25) is 0 Å². The van der Waals surface area contributed by atoms with Crippen LogP contribution in [0, 0.1) is 16.7 Å². The molecule has 3 N–H and O–H groups in total. The summed E-state index contributed by atoms with van der Waals surface area (Å²) in [6.45, 7) is 16.5. The molecule has 0 amide bonds. The first-order valence-electron chi connectivity index (χ1n) is 6.16. The summed E-state index contributed by atoms with van der Waals surface area (Å²) >= 11 is 0. The quantitative estimate of drug-likeness (QED) is 0.713. The fraction of sp³-hybridized carbons (Fsp3) is 1.00. The molecule has 0 fully saturated rings. The number of hydrogen-bond donors (Lipinski definition) is 2. The van der Waals surface area contributed by atoms with E-state index in [2.05, 4.69) is 46.9 Å². The standard InChI is InChI=1S/C13H30N2/c1-7-13(6,9-14)10-15-8-11(2)12(3,4)5/h11,15H,7-10,14H2,1-6H3. The number of rotatable bonds is 6. The van der Waals surface area contributed by atoms with Crippen molar-refractivity contribution in [2.45, 2.75) is 48.0 Å². The van der Waals surface area contributed by atoms with Gasteiger partial charge in [0.05, 0.1) is 0 Å². The van der Waals surface area contributed by atoms with Gasteiger partial charge in [0.1, 0.15) is 0 Å². The number of nitrogens with two attached hydrogens (primary N) is 1.